The number of aliphatic hydroxyl groups excluding tert-OH is 1. The van der Waals surface area contributed by atoms with E-state index < -0.39 is 0 Å². The first-order chi connectivity index (χ1) is 34.1. The Hall–Kier alpha value is -2.64. The van der Waals surface area contributed by atoms with E-state index in [1.54, 1.807) is 14.2 Å². The SMILES string of the molecule is C1CCN(C2CCNCC2)C1.CCCCCCNC.CCCCNCCO.CCNCc1ccncc1.CNC(C)C.CN[C@H](C)c1ccccc1.COCCNCCOC.NC(=O)C1CCNCC1. The van der Waals surface area contributed by atoms with Crippen LogP contribution in [0.25, 0.3) is 0 Å². The second-order valence-electron chi connectivity index (χ2n) is 17.9. The molecule has 70 heavy (non-hydrogen) atoms. The zero-order chi connectivity index (χ0) is 52.6. The van der Waals surface area contributed by atoms with E-state index in [0.717, 1.165) is 84.5 Å². The highest BCUT2D eigenvalue weighted by Crippen LogP contribution is 2.17. The Balaban J connectivity index is -0.000000739. The Bertz CT molecular complexity index is 1230. The van der Waals surface area contributed by atoms with Crippen LogP contribution in [0.4, 0.5) is 0 Å². The molecule has 0 saturated carbocycles. The molecule has 412 valence electrons. The molecule has 0 spiro atoms. The molecular formula is C55H113N11O4. The van der Waals surface area contributed by atoms with Crippen LogP contribution in [0.1, 0.15) is 136 Å². The molecule has 1 aromatic heterocycles. The summed E-state index contributed by atoms with van der Waals surface area (Å²) < 4.78 is 9.64. The van der Waals surface area contributed by atoms with E-state index in [0.29, 0.717) is 12.1 Å². The van der Waals surface area contributed by atoms with Crippen LogP contribution in [0.5, 0.6) is 0 Å². The van der Waals surface area contributed by atoms with Crippen molar-refractivity contribution in [3.05, 3.63) is 66.0 Å². The van der Waals surface area contributed by atoms with Gasteiger partial charge in [-0.15, -0.1) is 0 Å². The summed E-state index contributed by atoms with van der Waals surface area (Å²) in [5, 5.41) is 33.7. The predicted octanol–water partition coefficient (Wildman–Crippen LogP) is 6.10. The van der Waals surface area contributed by atoms with Gasteiger partial charge in [0.15, 0.2) is 0 Å². The fraction of sp³-hybridized carbons (Fsp3) is 0.782. The van der Waals surface area contributed by atoms with E-state index in [2.05, 4.69) is 118 Å². The van der Waals surface area contributed by atoms with Gasteiger partial charge in [-0.25, -0.2) is 0 Å². The molecule has 11 N–H and O–H groups in total. The standard InChI is InChI=1S/C9H18N2.C9H13N.C8H12N2.C7H17N.C6H12N2O.C6H15NO2.C6H15NO.C4H11N/c1-2-8-11(7-1)9-3-5-10-6-4-9;1-8(10-2)9-6-4-3-5-7-9;1-2-9-7-8-3-5-10-6-4-8;1-3-4-5-6-7-8-2;7-6(9)5-1-3-8-4-2-5;1-8-5-3-7-4-6-9-2;1-2-3-4-7-5-6-8;1-4(2)5-3/h9-10H,1-8H2;3-8,10H,1-2H3;3-6,9H,2,7H2,1H3;8H,3-7H2,1-2H3;5,8H,1-4H2,(H2,7,9);7H,3-6H2,1-2H3;7-8H,2-6H2,1H3;4-5H,1-3H3/t;8-;;;;;;/m.1....../s1. The van der Waals surface area contributed by atoms with E-state index in [-0.39, 0.29) is 18.4 Å². The van der Waals surface area contributed by atoms with Crippen molar-refractivity contribution in [2.45, 2.75) is 143 Å². The molecule has 3 aliphatic heterocycles. The van der Waals surface area contributed by atoms with Crippen molar-refractivity contribution in [2.24, 2.45) is 11.7 Å². The second-order valence-corrected chi connectivity index (χ2v) is 17.9. The molecule has 5 rings (SSSR count). The Kier molecular flexibility index (Phi) is 60.3. The highest BCUT2D eigenvalue weighted by atomic mass is 16.5. The number of hydrogen-bond donors (Lipinski definition) is 10. The monoisotopic (exact) mass is 992 g/mol. The van der Waals surface area contributed by atoms with Crippen LogP contribution in [0.2, 0.25) is 0 Å². The third-order valence-corrected chi connectivity index (χ3v) is 11.6. The van der Waals surface area contributed by atoms with Gasteiger partial charge in [-0.2, -0.15) is 0 Å². The minimum absolute atomic E-state index is 0.131. The molecule has 2 aromatic rings. The molecule has 3 fully saturated rings. The fourth-order valence-corrected chi connectivity index (χ4v) is 6.77. The first-order valence-electron chi connectivity index (χ1n) is 27.1. The highest BCUT2D eigenvalue weighted by molar-refractivity contribution is 5.76. The number of carbonyl (C=O) groups excluding carboxylic acids is 1. The lowest BCUT2D eigenvalue weighted by Gasteiger charge is -2.31. The van der Waals surface area contributed by atoms with Crippen LogP contribution in [0, 0.1) is 5.92 Å². The molecule has 3 aliphatic rings. The van der Waals surface area contributed by atoms with E-state index >= 15 is 0 Å². The van der Waals surface area contributed by atoms with Crippen molar-refractivity contribution in [1.82, 2.24) is 52.4 Å². The summed E-state index contributed by atoms with van der Waals surface area (Å²) in [5.74, 6) is -0.0113. The molecule has 0 radical (unpaired) electrons. The Morgan fingerprint density at radius 2 is 1.27 bits per heavy atom. The van der Waals surface area contributed by atoms with Crippen molar-refractivity contribution >= 4 is 5.91 Å². The summed E-state index contributed by atoms with van der Waals surface area (Å²) >= 11 is 0. The number of aliphatic hydroxyl groups is 1. The van der Waals surface area contributed by atoms with Crippen LogP contribution in [0.3, 0.4) is 0 Å². The third kappa shape index (κ3) is 51.7. The number of primary amides is 1. The lowest BCUT2D eigenvalue weighted by Crippen LogP contribution is -2.41. The topological polar surface area (TPSA) is 194 Å². The fourth-order valence-electron chi connectivity index (χ4n) is 6.77. The van der Waals surface area contributed by atoms with Crippen LogP contribution in [0.15, 0.2) is 54.9 Å². The molecule has 0 unspecified atom stereocenters. The van der Waals surface area contributed by atoms with E-state index in [1.807, 2.05) is 51.7 Å². The number of nitrogens with zero attached hydrogens (tertiary/aromatic N) is 2. The van der Waals surface area contributed by atoms with Crippen molar-refractivity contribution in [3.8, 4) is 0 Å². The van der Waals surface area contributed by atoms with Gasteiger partial charge in [0.2, 0.25) is 5.91 Å². The smallest absolute Gasteiger partial charge is 0.220 e. The van der Waals surface area contributed by atoms with Crippen LogP contribution < -0.4 is 48.3 Å². The van der Waals surface area contributed by atoms with Crippen molar-refractivity contribution in [3.63, 3.8) is 0 Å². The van der Waals surface area contributed by atoms with Crippen molar-refractivity contribution in [1.29, 1.82) is 0 Å². The zero-order valence-electron chi connectivity index (χ0n) is 46.9. The number of likely N-dealkylation sites (tertiary alicyclic amines) is 1. The first-order valence-corrected chi connectivity index (χ1v) is 27.1. The summed E-state index contributed by atoms with van der Waals surface area (Å²) in [6, 6.07) is 16.4. The summed E-state index contributed by atoms with van der Waals surface area (Å²) in [4.78, 5) is 17.2. The van der Waals surface area contributed by atoms with Crippen LogP contribution >= 0.6 is 0 Å². The molecule has 0 bridgehead atoms. The third-order valence-electron chi connectivity index (χ3n) is 11.6. The lowest BCUT2D eigenvalue weighted by atomic mass is 9.98. The van der Waals surface area contributed by atoms with Gasteiger partial charge in [0.05, 0.1) is 19.8 Å². The largest absolute Gasteiger partial charge is 0.395 e. The molecule has 4 heterocycles. The number of benzene rings is 1. The number of hydrogen-bond acceptors (Lipinski definition) is 14. The normalized spacial score (nSPS) is 14.9. The van der Waals surface area contributed by atoms with Gasteiger partial charge in [-0.3, -0.25) is 9.78 Å². The summed E-state index contributed by atoms with van der Waals surface area (Å²) in [6.07, 6.45) is 18.9. The maximum atomic E-state index is 10.5. The maximum Gasteiger partial charge on any atom is 0.220 e. The van der Waals surface area contributed by atoms with Gasteiger partial charge in [0.25, 0.3) is 0 Å². The molecular weight excluding hydrogens is 879 g/mol. The predicted molar refractivity (Wildman–Crippen MR) is 301 cm³/mol. The Labute approximate surface area is 430 Å². The maximum absolute atomic E-state index is 10.5. The second kappa shape index (κ2) is 58.9. The number of rotatable bonds is 24. The number of unbranched alkanes of at least 4 members (excludes halogenated alkanes) is 4. The molecule has 1 aromatic carbocycles. The van der Waals surface area contributed by atoms with Gasteiger partial charge >= 0.3 is 0 Å². The van der Waals surface area contributed by atoms with Crippen LogP contribution in [-0.4, -0.2) is 167 Å². The summed E-state index contributed by atoms with van der Waals surface area (Å²) in [5.41, 5.74) is 7.73. The van der Waals surface area contributed by atoms with E-state index in [1.165, 1.54) is 108 Å². The van der Waals surface area contributed by atoms with Gasteiger partial charge in [0, 0.05) is 76.8 Å². The molecule has 1 amide bonds. The number of nitrogens with two attached hydrogens (primary N) is 1. The number of nitrogens with one attached hydrogen (secondary N) is 8. The average Bonchev–Trinajstić information content (AvgIpc) is 3.96. The van der Waals surface area contributed by atoms with E-state index in [9.17, 15) is 4.79 Å². The Morgan fingerprint density at radius 3 is 1.71 bits per heavy atom. The van der Waals surface area contributed by atoms with Crippen molar-refractivity contribution in [2.75, 3.05) is 134 Å². The summed E-state index contributed by atoms with van der Waals surface area (Å²) in [7, 11) is 9.31. The number of aromatic nitrogens is 1. The lowest BCUT2D eigenvalue weighted by molar-refractivity contribution is -0.122. The number of piperidine rings is 2. The van der Waals surface area contributed by atoms with Gasteiger partial charge in [-0.05, 0) is 162 Å². The van der Waals surface area contributed by atoms with Gasteiger partial charge in [-0.1, -0.05) is 90.6 Å². The Morgan fingerprint density at radius 1 is 0.729 bits per heavy atom. The molecule has 0 aliphatic carbocycles. The minimum Gasteiger partial charge on any atom is -0.395 e. The first kappa shape index (κ1) is 71.6. The van der Waals surface area contributed by atoms with Crippen molar-refractivity contribution < 1.29 is 19.4 Å². The number of ether oxygens (including phenoxy) is 2. The van der Waals surface area contributed by atoms with Gasteiger partial charge in [0.1, 0.15) is 0 Å². The number of methoxy groups -OCH3 is 2. The van der Waals surface area contributed by atoms with Gasteiger partial charge < -0.3 is 67.7 Å². The zero-order valence-corrected chi connectivity index (χ0v) is 46.9. The molecule has 15 heteroatoms. The molecule has 15 nitrogen and oxygen atoms in total. The molecule has 3 saturated heterocycles. The quantitative estimate of drug-likeness (QED) is 0.0543. The number of amides is 1. The highest BCUT2D eigenvalue weighted by Gasteiger charge is 2.22. The van der Waals surface area contributed by atoms with Crippen LogP contribution in [-0.2, 0) is 20.8 Å². The minimum atomic E-state index is -0.142. The summed E-state index contributed by atoms with van der Waals surface area (Å²) in [6.45, 7) is 28.4. The number of pyridine rings is 1. The number of carbonyl (C=O) groups is 1. The average molecular weight is 993 g/mol. The molecule has 1 atom stereocenters. The van der Waals surface area contributed by atoms with E-state index in [4.69, 9.17) is 20.3 Å².